The van der Waals surface area contributed by atoms with Gasteiger partial charge in [0.1, 0.15) is 11.9 Å². The van der Waals surface area contributed by atoms with E-state index in [2.05, 4.69) is 63.2 Å². The summed E-state index contributed by atoms with van der Waals surface area (Å²) in [5.74, 6) is 0.433. The van der Waals surface area contributed by atoms with Crippen LogP contribution in [0.5, 0.6) is 5.75 Å². The molecule has 3 aromatic carbocycles. The first-order valence-corrected chi connectivity index (χ1v) is 16.4. The van der Waals surface area contributed by atoms with Gasteiger partial charge >= 0.3 is 5.97 Å². The highest BCUT2D eigenvalue weighted by Crippen LogP contribution is 2.72. The highest BCUT2D eigenvalue weighted by atomic mass is 16.5. The minimum atomic E-state index is -0.743. The first kappa shape index (κ1) is 28.4. The zero-order valence-electron chi connectivity index (χ0n) is 26.1. The molecule has 1 heterocycles. The van der Waals surface area contributed by atoms with E-state index in [-0.39, 0.29) is 46.7 Å². The van der Waals surface area contributed by atoms with Crippen LogP contribution in [0.25, 0.3) is 10.8 Å². The summed E-state index contributed by atoms with van der Waals surface area (Å²) in [6.45, 7) is 7.13. The summed E-state index contributed by atoms with van der Waals surface area (Å²) < 4.78 is 12.0. The zero-order chi connectivity index (χ0) is 29.9. The van der Waals surface area contributed by atoms with Crippen LogP contribution in [0, 0.1) is 28.6 Å². The number of anilines is 1. The number of amides is 1. The molecule has 4 aliphatic rings. The van der Waals surface area contributed by atoms with Gasteiger partial charge in [0, 0.05) is 17.5 Å². The minimum absolute atomic E-state index is 0.00696. The monoisotopic (exact) mass is 579 g/mol. The van der Waals surface area contributed by atoms with Crippen LogP contribution in [0.15, 0.2) is 66.7 Å². The van der Waals surface area contributed by atoms with E-state index in [0.717, 1.165) is 30.7 Å². The Kier molecular flexibility index (Phi) is 7.06. The maximum atomic E-state index is 14.3. The first-order chi connectivity index (χ1) is 20.7. The van der Waals surface area contributed by atoms with Crippen LogP contribution >= 0.6 is 0 Å². The molecule has 1 saturated heterocycles. The lowest BCUT2D eigenvalue weighted by Crippen LogP contribution is -2.65. The standard InChI is InChI=1S/C38H45NO4/c1-37(2)30-21-22-38(37,3)33(29-16-10-14-25-13-8-9-15-28(25)29)34(30)43-36(41)32-31(23-24-11-6-5-7-12-24)39(35(32)40)26-17-19-27(42-4)20-18-26/h8-10,13-20,24,30-34H,5-7,11-12,21-23H2,1-4H3/t30-,31?,32?,33-,34-,38+/m1/s1. The number of carbonyl (C=O) groups excluding carboxylic acids is 2. The molecule has 3 aliphatic carbocycles. The van der Waals surface area contributed by atoms with Crippen molar-refractivity contribution in [2.45, 2.75) is 90.2 Å². The van der Waals surface area contributed by atoms with E-state index in [0.29, 0.717) is 5.92 Å². The van der Waals surface area contributed by atoms with E-state index in [1.807, 2.05) is 29.2 Å². The molecular weight excluding hydrogens is 534 g/mol. The van der Waals surface area contributed by atoms with E-state index in [9.17, 15) is 9.59 Å². The molecule has 7 rings (SSSR count). The van der Waals surface area contributed by atoms with Crippen molar-refractivity contribution in [3.63, 3.8) is 0 Å². The number of benzene rings is 3. The van der Waals surface area contributed by atoms with Gasteiger partial charge in [-0.15, -0.1) is 0 Å². The van der Waals surface area contributed by atoms with E-state index < -0.39 is 5.92 Å². The second kappa shape index (κ2) is 10.7. The van der Waals surface area contributed by atoms with Crippen molar-refractivity contribution in [2.24, 2.45) is 28.6 Å². The second-order valence-corrected chi connectivity index (χ2v) is 14.4. The van der Waals surface area contributed by atoms with Crippen LogP contribution in [0.1, 0.15) is 83.6 Å². The average Bonchev–Trinajstić information content (AvgIpc) is 3.34. The summed E-state index contributed by atoms with van der Waals surface area (Å²) in [4.78, 5) is 30.0. The first-order valence-electron chi connectivity index (χ1n) is 16.4. The molecule has 0 radical (unpaired) electrons. The fourth-order valence-corrected chi connectivity index (χ4v) is 9.56. The van der Waals surface area contributed by atoms with Gasteiger partial charge in [0.15, 0.2) is 5.92 Å². The number of rotatable bonds is 7. The van der Waals surface area contributed by atoms with Crippen LogP contribution in [0.2, 0.25) is 0 Å². The number of ether oxygens (including phenoxy) is 2. The molecule has 43 heavy (non-hydrogen) atoms. The zero-order valence-corrected chi connectivity index (χ0v) is 26.1. The maximum absolute atomic E-state index is 14.3. The molecule has 4 fully saturated rings. The Hall–Kier alpha value is -3.34. The van der Waals surface area contributed by atoms with Crippen molar-refractivity contribution < 1.29 is 19.1 Å². The number of carbonyl (C=O) groups is 2. The maximum Gasteiger partial charge on any atom is 0.320 e. The largest absolute Gasteiger partial charge is 0.497 e. The molecule has 1 aliphatic heterocycles. The van der Waals surface area contributed by atoms with Crippen molar-refractivity contribution in [2.75, 3.05) is 12.0 Å². The molecule has 2 bridgehead atoms. The average molecular weight is 580 g/mol. The Morgan fingerprint density at radius 2 is 1.63 bits per heavy atom. The SMILES string of the molecule is COc1ccc(N2C(=O)C(C(=O)O[C@@H]3[C@H]4CC[C@@](C)([C@@H]3c3cccc5ccccc35)C4(C)C)C2CC2CCCCC2)cc1. The number of methoxy groups -OCH3 is 1. The Bertz CT molecular complexity index is 1520. The lowest BCUT2D eigenvalue weighted by Gasteiger charge is -2.48. The highest BCUT2D eigenvalue weighted by Gasteiger charge is 2.68. The molecule has 5 nitrogen and oxygen atoms in total. The smallest absolute Gasteiger partial charge is 0.320 e. The predicted molar refractivity (Wildman–Crippen MR) is 170 cm³/mol. The van der Waals surface area contributed by atoms with Crippen molar-refractivity contribution in [3.8, 4) is 5.75 Å². The number of hydrogen-bond donors (Lipinski definition) is 0. The molecule has 3 saturated carbocycles. The van der Waals surface area contributed by atoms with Crippen LogP contribution < -0.4 is 9.64 Å². The molecule has 0 N–H and O–H groups in total. The molecule has 3 aromatic rings. The Morgan fingerprint density at radius 1 is 0.907 bits per heavy atom. The molecule has 0 aromatic heterocycles. The third-order valence-corrected chi connectivity index (χ3v) is 12.3. The van der Waals surface area contributed by atoms with E-state index >= 15 is 0 Å². The van der Waals surface area contributed by atoms with Gasteiger partial charge in [-0.1, -0.05) is 95.3 Å². The number of fused-ring (bicyclic) bond motifs is 3. The van der Waals surface area contributed by atoms with Crippen molar-refractivity contribution in [1.82, 2.24) is 0 Å². The summed E-state index contributed by atoms with van der Waals surface area (Å²) in [7, 11) is 1.64. The van der Waals surface area contributed by atoms with Crippen LogP contribution in [-0.2, 0) is 14.3 Å². The number of esters is 1. The summed E-state index contributed by atoms with van der Waals surface area (Å²) in [5.41, 5.74) is 2.11. The van der Waals surface area contributed by atoms with Crippen molar-refractivity contribution in [1.29, 1.82) is 0 Å². The lowest BCUT2D eigenvalue weighted by atomic mass is 9.64. The van der Waals surface area contributed by atoms with Crippen LogP contribution in [0.4, 0.5) is 5.69 Å². The van der Waals surface area contributed by atoms with Crippen molar-refractivity contribution >= 4 is 28.3 Å². The van der Waals surface area contributed by atoms with Gasteiger partial charge in [-0.3, -0.25) is 9.59 Å². The van der Waals surface area contributed by atoms with Gasteiger partial charge in [0.2, 0.25) is 5.91 Å². The molecule has 226 valence electrons. The third kappa shape index (κ3) is 4.40. The second-order valence-electron chi connectivity index (χ2n) is 14.4. The Balaban J connectivity index is 1.21. The fraction of sp³-hybridized carbons (Fsp3) is 0.526. The van der Waals surface area contributed by atoms with E-state index in [1.165, 1.54) is 48.4 Å². The molecule has 5 heteroatoms. The Morgan fingerprint density at radius 3 is 2.37 bits per heavy atom. The van der Waals surface area contributed by atoms with Crippen molar-refractivity contribution in [3.05, 3.63) is 72.3 Å². The van der Waals surface area contributed by atoms with Gasteiger partial charge in [-0.05, 0) is 76.6 Å². The third-order valence-electron chi connectivity index (χ3n) is 12.3. The summed E-state index contributed by atoms with van der Waals surface area (Å²) >= 11 is 0. The normalized spacial score (nSPS) is 31.7. The van der Waals surface area contributed by atoms with E-state index in [4.69, 9.17) is 9.47 Å². The fourth-order valence-electron chi connectivity index (χ4n) is 9.56. The van der Waals surface area contributed by atoms with Gasteiger partial charge < -0.3 is 14.4 Å². The minimum Gasteiger partial charge on any atom is -0.497 e. The van der Waals surface area contributed by atoms with Gasteiger partial charge in [0.05, 0.1) is 13.2 Å². The summed E-state index contributed by atoms with van der Waals surface area (Å²) in [6, 6.07) is 22.6. The number of nitrogens with zero attached hydrogens (tertiary/aromatic N) is 1. The van der Waals surface area contributed by atoms with Crippen LogP contribution in [0.3, 0.4) is 0 Å². The molecule has 1 amide bonds. The van der Waals surface area contributed by atoms with Gasteiger partial charge in [-0.2, -0.15) is 0 Å². The molecule has 2 unspecified atom stereocenters. The molecule has 0 spiro atoms. The Labute approximate surface area is 255 Å². The molecular formula is C38H45NO4. The van der Waals surface area contributed by atoms with Gasteiger partial charge in [0.25, 0.3) is 0 Å². The van der Waals surface area contributed by atoms with Gasteiger partial charge in [-0.25, -0.2) is 0 Å². The topological polar surface area (TPSA) is 55.8 Å². The van der Waals surface area contributed by atoms with E-state index in [1.54, 1.807) is 7.11 Å². The summed E-state index contributed by atoms with van der Waals surface area (Å²) in [5, 5.41) is 2.45. The summed E-state index contributed by atoms with van der Waals surface area (Å²) in [6.07, 6.45) is 8.84. The number of hydrogen-bond acceptors (Lipinski definition) is 4. The van der Waals surface area contributed by atoms with Crippen LogP contribution in [-0.4, -0.2) is 31.1 Å². The molecule has 6 atom stereocenters. The highest BCUT2D eigenvalue weighted by molar-refractivity contribution is 6.14. The predicted octanol–water partition coefficient (Wildman–Crippen LogP) is 8.30. The quantitative estimate of drug-likeness (QED) is 0.161. The number of β-lactam (4-membered cyclic amide) rings is 1. The lowest BCUT2D eigenvalue weighted by molar-refractivity contribution is -0.165.